The van der Waals surface area contributed by atoms with E-state index >= 15 is 0 Å². The number of rotatable bonds is 0. The van der Waals surface area contributed by atoms with E-state index in [1.165, 1.54) is 12.1 Å². The molecule has 0 saturated carbocycles. The molecular formula is C11H7F3N2. The van der Waals surface area contributed by atoms with Crippen molar-refractivity contribution in [3.05, 3.63) is 34.9 Å². The molecular weight excluding hydrogens is 217 g/mol. The highest BCUT2D eigenvalue weighted by atomic mass is 19.4. The van der Waals surface area contributed by atoms with Gasteiger partial charge in [0.05, 0.1) is 23.7 Å². The van der Waals surface area contributed by atoms with E-state index in [4.69, 9.17) is 11.0 Å². The van der Waals surface area contributed by atoms with Crippen LogP contribution < -0.4 is 5.73 Å². The summed E-state index contributed by atoms with van der Waals surface area (Å²) in [5, 5.41) is 8.54. The molecule has 2 nitrogen and oxygen atoms in total. The molecule has 0 heterocycles. The molecule has 5 heteroatoms. The summed E-state index contributed by atoms with van der Waals surface area (Å²) in [7, 11) is 0. The minimum Gasteiger partial charge on any atom is -0.320 e. The van der Waals surface area contributed by atoms with Gasteiger partial charge in [0.15, 0.2) is 0 Å². The van der Waals surface area contributed by atoms with Crippen molar-refractivity contribution in [1.82, 2.24) is 0 Å². The van der Waals surface area contributed by atoms with Crippen molar-refractivity contribution in [3.63, 3.8) is 0 Å². The molecule has 0 amide bonds. The van der Waals surface area contributed by atoms with Crippen LogP contribution in [0.5, 0.6) is 0 Å². The van der Waals surface area contributed by atoms with Crippen LogP contribution in [0.25, 0.3) is 0 Å². The standard InChI is InChI=1S/C11H7F3N2/c12-11(13,14)10-6-8(2-1-5-15)3-4-9(10)7-16/h3-4,6H,5,15H2. The highest BCUT2D eigenvalue weighted by Crippen LogP contribution is 2.32. The van der Waals surface area contributed by atoms with E-state index in [9.17, 15) is 13.2 Å². The summed E-state index contributed by atoms with van der Waals surface area (Å²) >= 11 is 0. The van der Waals surface area contributed by atoms with E-state index in [1.54, 1.807) is 0 Å². The number of hydrogen-bond acceptors (Lipinski definition) is 2. The van der Waals surface area contributed by atoms with Gasteiger partial charge in [0.2, 0.25) is 0 Å². The predicted molar refractivity (Wildman–Crippen MR) is 52.1 cm³/mol. The zero-order chi connectivity index (χ0) is 12.2. The molecule has 82 valence electrons. The molecule has 1 aromatic rings. The van der Waals surface area contributed by atoms with Crippen molar-refractivity contribution in [2.24, 2.45) is 5.73 Å². The Hall–Kier alpha value is -1.98. The number of benzene rings is 1. The zero-order valence-electron chi connectivity index (χ0n) is 8.10. The Bertz CT molecular complexity index is 487. The van der Waals surface area contributed by atoms with Crippen LogP contribution in [0.4, 0.5) is 13.2 Å². The molecule has 0 aliphatic carbocycles. The Morgan fingerprint density at radius 2 is 2.00 bits per heavy atom. The molecule has 0 spiro atoms. The second-order valence-corrected chi connectivity index (χ2v) is 2.88. The third-order valence-corrected chi connectivity index (χ3v) is 1.78. The molecule has 0 radical (unpaired) electrons. The molecule has 0 fully saturated rings. The molecule has 0 aliphatic rings. The maximum atomic E-state index is 12.5. The predicted octanol–water partition coefficient (Wildman–Crippen LogP) is 1.89. The van der Waals surface area contributed by atoms with Gasteiger partial charge in [-0.15, -0.1) is 0 Å². The summed E-state index contributed by atoms with van der Waals surface area (Å²) in [5.41, 5.74) is 3.91. The largest absolute Gasteiger partial charge is 0.417 e. The van der Waals surface area contributed by atoms with Gasteiger partial charge < -0.3 is 5.73 Å². The number of hydrogen-bond donors (Lipinski definition) is 1. The maximum absolute atomic E-state index is 12.5. The van der Waals surface area contributed by atoms with Crippen molar-refractivity contribution < 1.29 is 13.2 Å². The molecule has 0 aromatic heterocycles. The van der Waals surface area contributed by atoms with Crippen LogP contribution >= 0.6 is 0 Å². The Labute approximate surface area is 90.5 Å². The van der Waals surface area contributed by atoms with E-state index in [2.05, 4.69) is 11.8 Å². The van der Waals surface area contributed by atoms with Crippen molar-refractivity contribution in [3.8, 4) is 17.9 Å². The summed E-state index contributed by atoms with van der Waals surface area (Å²) < 4.78 is 37.5. The van der Waals surface area contributed by atoms with Gasteiger partial charge in [0.1, 0.15) is 0 Å². The first-order valence-corrected chi connectivity index (χ1v) is 4.29. The van der Waals surface area contributed by atoms with Crippen LogP contribution in [-0.2, 0) is 6.18 Å². The Balaban J connectivity index is 3.29. The molecule has 0 aliphatic heterocycles. The fourth-order valence-corrected chi connectivity index (χ4v) is 1.11. The van der Waals surface area contributed by atoms with Gasteiger partial charge in [-0.05, 0) is 18.2 Å². The van der Waals surface area contributed by atoms with E-state index in [-0.39, 0.29) is 12.1 Å². The number of nitrogens with zero attached hydrogens (tertiary/aromatic N) is 1. The molecule has 1 aromatic carbocycles. The normalized spacial score (nSPS) is 10.2. The lowest BCUT2D eigenvalue weighted by Crippen LogP contribution is -2.08. The first kappa shape index (κ1) is 12.1. The van der Waals surface area contributed by atoms with Crippen LogP contribution in [0.2, 0.25) is 0 Å². The van der Waals surface area contributed by atoms with Gasteiger partial charge in [0, 0.05) is 5.56 Å². The Kier molecular flexibility index (Phi) is 3.55. The SMILES string of the molecule is N#Cc1ccc(C#CCN)cc1C(F)(F)F. The molecule has 2 N–H and O–H groups in total. The van der Waals surface area contributed by atoms with Crippen LogP contribution in [0.1, 0.15) is 16.7 Å². The summed E-state index contributed by atoms with van der Waals surface area (Å²) in [5.74, 6) is 4.93. The average Bonchev–Trinajstić information content (AvgIpc) is 2.24. The fourth-order valence-electron chi connectivity index (χ4n) is 1.11. The van der Waals surface area contributed by atoms with Gasteiger partial charge in [-0.2, -0.15) is 18.4 Å². The third-order valence-electron chi connectivity index (χ3n) is 1.78. The average molecular weight is 224 g/mol. The number of nitrogens with two attached hydrogens (primary N) is 1. The lowest BCUT2D eigenvalue weighted by atomic mass is 10.0. The molecule has 16 heavy (non-hydrogen) atoms. The quantitative estimate of drug-likeness (QED) is 0.684. The van der Waals surface area contributed by atoms with Crippen molar-refractivity contribution in [1.29, 1.82) is 5.26 Å². The van der Waals surface area contributed by atoms with Gasteiger partial charge in [-0.3, -0.25) is 0 Å². The van der Waals surface area contributed by atoms with E-state index in [0.29, 0.717) is 0 Å². The van der Waals surface area contributed by atoms with Crippen LogP contribution in [0.3, 0.4) is 0 Å². The van der Waals surface area contributed by atoms with Crippen molar-refractivity contribution in [2.45, 2.75) is 6.18 Å². The zero-order valence-corrected chi connectivity index (χ0v) is 8.10. The van der Waals surface area contributed by atoms with E-state index in [1.807, 2.05) is 0 Å². The first-order valence-electron chi connectivity index (χ1n) is 4.29. The van der Waals surface area contributed by atoms with Gasteiger partial charge in [-0.1, -0.05) is 11.8 Å². The van der Waals surface area contributed by atoms with Crippen LogP contribution in [-0.4, -0.2) is 6.54 Å². The number of nitriles is 1. The highest BCUT2D eigenvalue weighted by Gasteiger charge is 2.33. The van der Waals surface area contributed by atoms with Gasteiger partial charge in [0.25, 0.3) is 0 Å². The Morgan fingerprint density at radius 3 is 2.50 bits per heavy atom. The third kappa shape index (κ3) is 2.75. The smallest absolute Gasteiger partial charge is 0.320 e. The lowest BCUT2D eigenvalue weighted by Gasteiger charge is -2.08. The van der Waals surface area contributed by atoms with Crippen molar-refractivity contribution in [2.75, 3.05) is 6.54 Å². The Morgan fingerprint density at radius 1 is 1.31 bits per heavy atom. The number of halogens is 3. The monoisotopic (exact) mass is 224 g/mol. The lowest BCUT2D eigenvalue weighted by molar-refractivity contribution is -0.137. The van der Waals surface area contributed by atoms with E-state index < -0.39 is 17.3 Å². The van der Waals surface area contributed by atoms with Crippen molar-refractivity contribution >= 4 is 0 Å². The molecule has 0 saturated heterocycles. The summed E-state index contributed by atoms with van der Waals surface area (Å²) in [4.78, 5) is 0. The maximum Gasteiger partial charge on any atom is 0.417 e. The molecule has 1 rings (SSSR count). The number of alkyl halides is 3. The molecule has 0 atom stereocenters. The molecule has 0 unspecified atom stereocenters. The summed E-state index contributed by atoms with van der Waals surface area (Å²) in [6.07, 6.45) is -4.55. The van der Waals surface area contributed by atoms with Gasteiger partial charge in [-0.25, -0.2) is 0 Å². The van der Waals surface area contributed by atoms with Crippen LogP contribution in [0.15, 0.2) is 18.2 Å². The summed E-state index contributed by atoms with van der Waals surface area (Å²) in [6, 6.07) is 4.80. The second-order valence-electron chi connectivity index (χ2n) is 2.88. The van der Waals surface area contributed by atoms with Crippen LogP contribution in [0, 0.1) is 23.2 Å². The summed E-state index contributed by atoms with van der Waals surface area (Å²) in [6.45, 7) is 0.0708. The minimum absolute atomic E-state index is 0.0708. The fraction of sp³-hybridized carbons (Fsp3) is 0.182. The van der Waals surface area contributed by atoms with Gasteiger partial charge >= 0.3 is 6.18 Å². The van der Waals surface area contributed by atoms with E-state index in [0.717, 1.165) is 12.1 Å². The topological polar surface area (TPSA) is 49.8 Å². The first-order chi connectivity index (χ1) is 7.49. The minimum atomic E-state index is -4.55. The molecule has 0 bridgehead atoms. The second kappa shape index (κ2) is 4.69. The highest BCUT2D eigenvalue weighted by molar-refractivity contribution is 5.47.